The SMILES string of the molecule is O=C(O)c1cccc(CCNC(=O)C2CC2c2cccc(C(F)(F)F)c2)c1. The monoisotopic (exact) mass is 377 g/mol. The number of carboxylic acid groups (broad SMARTS) is 1. The fourth-order valence-corrected chi connectivity index (χ4v) is 3.12. The highest BCUT2D eigenvalue weighted by atomic mass is 19.4. The highest BCUT2D eigenvalue weighted by molar-refractivity contribution is 5.87. The molecule has 2 atom stereocenters. The molecule has 142 valence electrons. The molecule has 1 fully saturated rings. The number of carbonyl (C=O) groups is 2. The Morgan fingerprint density at radius 1 is 1.11 bits per heavy atom. The van der Waals surface area contributed by atoms with E-state index in [0.29, 0.717) is 24.9 Å². The van der Waals surface area contributed by atoms with Crippen molar-refractivity contribution in [3.63, 3.8) is 0 Å². The van der Waals surface area contributed by atoms with E-state index in [2.05, 4.69) is 5.32 Å². The molecule has 0 spiro atoms. The van der Waals surface area contributed by atoms with Gasteiger partial charge in [-0.3, -0.25) is 4.79 Å². The van der Waals surface area contributed by atoms with E-state index in [-0.39, 0.29) is 23.3 Å². The summed E-state index contributed by atoms with van der Waals surface area (Å²) < 4.78 is 38.4. The van der Waals surface area contributed by atoms with Gasteiger partial charge in [-0.05, 0) is 48.1 Å². The number of carbonyl (C=O) groups excluding carboxylic acids is 1. The van der Waals surface area contributed by atoms with Crippen LogP contribution >= 0.6 is 0 Å². The largest absolute Gasteiger partial charge is 0.478 e. The lowest BCUT2D eigenvalue weighted by Crippen LogP contribution is -2.27. The third kappa shape index (κ3) is 4.67. The van der Waals surface area contributed by atoms with Crippen LogP contribution in [0.5, 0.6) is 0 Å². The van der Waals surface area contributed by atoms with Crippen molar-refractivity contribution in [2.75, 3.05) is 6.54 Å². The minimum atomic E-state index is -4.40. The minimum Gasteiger partial charge on any atom is -0.478 e. The molecule has 0 aromatic heterocycles. The number of halogens is 3. The van der Waals surface area contributed by atoms with Gasteiger partial charge < -0.3 is 10.4 Å². The van der Waals surface area contributed by atoms with Crippen molar-refractivity contribution >= 4 is 11.9 Å². The van der Waals surface area contributed by atoms with Crippen LogP contribution in [0.2, 0.25) is 0 Å². The first-order valence-corrected chi connectivity index (χ1v) is 8.53. The molecule has 0 radical (unpaired) electrons. The number of nitrogens with one attached hydrogen (secondary N) is 1. The summed E-state index contributed by atoms with van der Waals surface area (Å²) in [6.45, 7) is 0.341. The second kappa shape index (κ2) is 7.42. The normalized spacial score (nSPS) is 18.8. The average molecular weight is 377 g/mol. The molecule has 2 aromatic carbocycles. The predicted molar refractivity (Wildman–Crippen MR) is 92.4 cm³/mol. The summed E-state index contributed by atoms with van der Waals surface area (Å²) in [6, 6.07) is 11.6. The molecule has 1 aliphatic carbocycles. The van der Waals surface area contributed by atoms with Crippen LogP contribution in [0.3, 0.4) is 0 Å². The molecular formula is C20H18F3NO3. The molecular weight excluding hydrogens is 359 g/mol. The van der Waals surface area contributed by atoms with Gasteiger partial charge in [-0.1, -0.05) is 30.3 Å². The fraction of sp³-hybridized carbons (Fsp3) is 0.300. The molecule has 0 heterocycles. The molecule has 4 nitrogen and oxygen atoms in total. The molecule has 2 N–H and O–H groups in total. The molecule has 0 saturated heterocycles. The van der Waals surface area contributed by atoms with Crippen molar-refractivity contribution in [3.8, 4) is 0 Å². The van der Waals surface area contributed by atoms with Crippen LogP contribution in [0.1, 0.15) is 39.4 Å². The third-order valence-corrected chi connectivity index (χ3v) is 4.66. The third-order valence-electron chi connectivity index (χ3n) is 4.66. The Hall–Kier alpha value is -2.83. The summed E-state index contributed by atoms with van der Waals surface area (Å²) in [7, 11) is 0. The number of benzene rings is 2. The maximum absolute atomic E-state index is 12.8. The van der Waals surface area contributed by atoms with Gasteiger partial charge >= 0.3 is 12.1 Å². The van der Waals surface area contributed by atoms with Crippen LogP contribution in [0, 0.1) is 5.92 Å². The lowest BCUT2D eigenvalue weighted by Gasteiger charge is -2.09. The Morgan fingerprint density at radius 3 is 2.56 bits per heavy atom. The number of amides is 1. The van der Waals surface area contributed by atoms with Crippen LogP contribution in [-0.2, 0) is 17.4 Å². The first-order chi connectivity index (χ1) is 12.8. The molecule has 27 heavy (non-hydrogen) atoms. The zero-order chi connectivity index (χ0) is 19.6. The van der Waals surface area contributed by atoms with Gasteiger partial charge in [-0.2, -0.15) is 13.2 Å². The van der Waals surface area contributed by atoms with E-state index in [0.717, 1.165) is 17.7 Å². The maximum atomic E-state index is 12.8. The van der Waals surface area contributed by atoms with Crippen LogP contribution in [0.15, 0.2) is 48.5 Å². The molecule has 1 amide bonds. The van der Waals surface area contributed by atoms with Crippen molar-refractivity contribution in [2.45, 2.75) is 24.9 Å². The maximum Gasteiger partial charge on any atom is 0.416 e. The van der Waals surface area contributed by atoms with Gasteiger partial charge in [0.25, 0.3) is 0 Å². The van der Waals surface area contributed by atoms with E-state index in [1.807, 2.05) is 0 Å². The highest BCUT2D eigenvalue weighted by Gasteiger charge is 2.44. The van der Waals surface area contributed by atoms with Gasteiger partial charge in [-0.25, -0.2) is 4.79 Å². The smallest absolute Gasteiger partial charge is 0.416 e. The fourth-order valence-electron chi connectivity index (χ4n) is 3.12. The number of aromatic carboxylic acids is 1. The summed E-state index contributed by atoms with van der Waals surface area (Å²) in [4.78, 5) is 23.2. The van der Waals surface area contributed by atoms with Gasteiger partial charge in [0, 0.05) is 12.5 Å². The molecule has 7 heteroatoms. The Balaban J connectivity index is 1.52. The second-order valence-electron chi connectivity index (χ2n) is 6.62. The van der Waals surface area contributed by atoms with Crippen molar-refractivity contribution in [1.29, 1.82) is 0 Å². The minimum absolute atomic E-state index is 0.186. The number of carboxylic acids is 1. The lowest BCUT2D eigenvalue weighted by atomic mass is 10.1. The van der Waals surface area contributed by atoms with Crippen molar-refractivity contribution < 1.29 is 27.9 Å². The zero-order valence-corrected chi connectivity index (χ0v) is 14.3. The Morgan fingerprint density at radius 2 is 1.85 bits per heavy atom. The van der Waals surface area contributed by atoms with Crippen molar-refractivity contribution in [2.24, 2.45) is 5.92 Å². The van der Waals surface area contributed by atoms with E-state index in [1.54, 1.807) is 24.3 Å². The van der Waals surface area contributed by atoms with Crippen LogP contribution in [-0.4, -0.2) is 23.5 Å². The van der Waals surface area contributed by atoms with E-state index < -0.39 is 17.7 Å². The summed E-state index contributed by atoms with van der Waals surface area (Å²) in [5.41, 5.74) is 0.801. The summed E-state index contributed by atoms with van der Waals surface area (Å²) >= 11 is 0. The average Bonchev–Trinajstić information content (AvgIpc) is 3.42. The quantitative estimate of drug-likeness (QED) is 0.803. The summed E-state index contributed by atoms with van der Waals surface area (Å²) in [6.07, 6.45) is -3.39. The van der Waals surface area contributed by atoms with E-state index in [1.165, 1.54) is 12.1 Å². The Labute approximate surface area is 154 Å². The Kier molecular flexibility index (Phi) is 5.21. The Bertz CT molecular complexity index is 864. The van der Waals surface area contributed by atoms with Crippen molar-refractivity contribution in [3.05, 3.63) is 70.8 Å². The first kappa shape index (κ1) is 18.9. The topological polar surface area (TPSA) is 66.4 Å². The molecule has 0 bridgehead atoms. The lowest BCUT2D eigenvalue weighted by molar-refractivity contribution is -0.137. The summed E-state index contributed by atoms with van der Waals surface area (Å²) in [5, 5.41) is 11.7. The van der Waals surface area contributed by atoms with Gasteiger partial charge in [0.1, 0.15) is 0 Å². The van der Waals surface area contributed by atoms with Gasteiger partial charge in [0.15, 0.2) is 0 Å². The van der Waals surface area contributed by atoms with Gasteiger partial charge in [0.2, 0.25) is 5.91 Å². The molecule has 2 unspecified atom stereocenters. The van der Waals surface area contributed by atoms with Gasteiger partial charge in [0.05, 0.1) is 11.1 Å². The zero-order valence-electron chi connectivity index (χ0n) is 14.3. The van der Waals surface area contributed by atoms with Gasteiger partial charge in [-0.15, -0.1) is 0 Å². The van der Waals surface area contributed by atoms with Crippen LogP contribution in [0.4, 0.5) is 13.2 Å². The standard InChI is InChI=1S/C20H18F3NO3/c21-20(22,23)15-6-2-4-13(10-15)16-11-17(16)18(25)24-8-7-12-3-1-5-14(9-12)19(26)27/h1-6,9-10,16-17H,7-8,11H2,(H,24,25)(H,26,27). The van der Waals surface area contributed by atoms with Crippen LogP contribution < -0.4 is 5.32 Å². The number of hydrogen-bond acceptors (Lipinski definition) is 2. The molecule has 3 rings (SSSR count). The first-order valence-electron chi connectivity index (χ1n) is 8.53. The molecule has 0 aliphatic heterocycles. The van der Waals surface area contributed by atoms with E-state index >= 15 is 0 Å². The number of hydrogen-bond donors (Lipinski definition) is 2. The number of rotatable bonds is 6. The van der Waals surface area contributed by atoms with E-state index in [4.69, 9.17) is 5.11 Å². The number of alkyl halides is 3. The van der Waals surface area contributed by atoms with Crippen LogP contribution in [0.25, 0.3) is 0 Å². The molecule has 2 aromatic rings. The summed E-state index contributed by atoms with van der Waals surface area (Å²) in [5.74, 6) is -1.71. The second-order valence-corrected chi connectivity index (χ2v) is 6.62. The molecule has 1 aliphatic rings. The van der Waals surface area contributed by atoms with Crippen molar-refractivity contribution in [1.82, 2.24) is 5.32 Å². The predicted octanol–water partition coefficient (Wildman–Crippen LogP) is 3.87. The highest BCUT2D eigenvalue weighted by Crippen LogP contribution is 2.48. The molecule has 1 saturated carbocycles. The van der Waals surface area contributed by atoms with E-state index in [9.17, 15) is 22.8 Å².